The van der Waals surface area contributed by atoms with Crippen molar-refractivity contribution in [2.75, 3.05) is 32.2 Å². The number of fused-ring (bicyclic) bond motifs is 1. The smallest absolute Gasteiger partial charge is 0.308 e. The van der Waals surface area contributed by atoms with Crippen LogP contribution in [-0.2, 0) is 9.53 Å². The molecule has 1 aliphatic heterocycles. The predicted molar refractivity (Wildman–Crippen MR) is 99.7 cm³/mol. The Bertz CT molecular complexity index is 946. The summed E-state index contributed by atoms with van der Waals surface area (Å²) in [5, 5.41) is 13.2. The van der Waals surface area contributed by atoms with Crippen LogP contribution in [0.25, 0.3) is 17.0 Å². The molecule has 1 saturated heterocycles. The first-order valence-electron chi connectivity index (χ1n) is 8.89. The number of hydrogen-bond donors (Lipinski definition) is 0. The summed E-state index contributed by atoms with van der Waals surface area (Å²) in [4.78, 5) is 13.9. The van der Waals surface area contributed by atoms with Gasteiger partial charge in [-0.05, 0) is 49.2 Å². The van der Waals surface area contributed by atoms with E-state index >= 15 is 0 Å². The minimum absolute atomic E-state index is 0.0280. The second-order valence-electron chi connectivity index (χ2n) is 6.50. The third kappa shape index (κ3) is 3.30. The van der Waals surface area contributed by atoms with Crippen LogP contribution >= 0.6 is 0 Å². The molecule has 1 aliphatic rings. The topological polar surface area (TPSA) is 81.8 Å². The highest BCUT2D eigenvalue weighted by molar-refractivity contribution is 5.72. The minimum Gasteiger partial charge on any atom is -0.497 e. The molecule has 0 bridgehead atoms. The van der Waals surface area contributed by atoms with E-state index in [1.165, 1.54) is 7.11 Å². The molecule has 0 spiro atoms. The van der Waals surface area contributed by atoms with Gasteiger partial charge < -0.3 is 14.4 Å². The van der Waals surface area contributed by atoms with Gasteiger partial charge >= 0.3 is 5.97 Å². The number of ether oxygens (including phenoxy) is 2. The van der Waals surface area contributed by atoms with Gasteiger partial charge in [-0.25, -0.2) is 0 Å². The number of aromatic nitrogens is 4. The Labute approximate surface area is 156 Å². The number of nitrogens with zero attached hydrogens (tertiary/aromatic N) is 5. The van der Waals surface area contributed by atoms with Crippen molar-refractivity contribution in [3.63, 3.8) is 0 Å². The average Bonchev–Trinajstić information content (AvgIpc) is 3.16. The Morgan fingerprint density at radius 1 is 1.04 bits per heavy atom. The number of methoxy groups -OCH3 is 2. The zero-order chi connectivity index (χ0) is 18.8. The number of carbonyl (C=O) groups excluding carboxylic acids is 1. The first kappa shape index (κ1) is 17.3. The molecule has 8 heteroatoms. The lowest BCUT2D eigenvalue weighted by atomic mass is 9.97. The lowest BCUT2D eigenvalue weighted by Gasteiger charge is -2.31. The number of esters is 1. The van der Waals surface area contributed by atoms with Crippen LogP contribution in [0.4, 0.5) is 5.82 Å². The number of piperidine rings is 1. The summed E-state index contributed by atoms with van der Waals surface area (Å²) in [6.45, 7) is 1.52. The van der Waals surface area contributed by atoms with Crippen molar-refractivity contribution in [2.45, 2.75) is 12.8 Å². The summed E-state index contributed by atoms with van der Waals surface area (Å²) in [5.41, 5.74) is 1.60. The van der Waals surface area contributed by atoms with Crippen molar-refractivity contribution >= 4 is 17.4 Å². The normalized spacial score (nSPS) is 15.1. The summed E-state index contributed by atoms with van der Waals surface area (Å²) in [6, 6.07) is 11.5. The first-order chi connectivity index (χ1) is 13.2. The SMILES string of the molecule is COC(=O)C1CCN(c2ccc3nnc(-c4ccc(OC)cc4)n3n2)CC1. The van der Waals surface area contributed by atoms with Crippen molar-refractivity contribution in [3.8, 4) is 17.1 Å². The van der Waals surface area contributed by atoms with Crippen LogP contribution < -0.4 is 9.64 Å². The molecule has 0 unspecified atom stereocenters. The Morgan fingerprint density at radius 2 is 1.78 bits per heavy atom. The van der Waals surface area contributed by atoms with Gasteiger partial charge in [-0.15, -0.1) is 15.3 Å². The third-order valence-corrected chi connectivity index (χ3v) is 4.95. The van der Waals surface area contributed by atoms with Gasteiger partial charge in [-0.3, -0.25) is 4.79 Å². The van der Waals surface area contributed by atoms with Crippen molar-refractivity contribution in [1.29, 1.82) is 0 Å². The van der Waals surface area contributed by atoms with Crippen LogP contribution in [0, 0.1) is 5.92 Å². The van der Waals surface area contributed by atoms with E-state index in [1.807, 2.05) is 36.4 Å². The summed E-state index contributed by atoms with van der Waals surface area (Å²) in [5.74, 6) is 2.16. The highest BCUT2D eigenvalue weighted by Gasteiger charge is 2.26. The fraction of sp³-hybridized carbons (Fsp3) is 0.368. The zero-order valence-electron chi connectivity index (χ0n) is 15.3. The summed E-state index contributed by atoms with van der Waals surface area (Å²) < 4.78 is 11.8. The number of anilines is 1. The lowest BCUT2D eigenvalue weighted by molar-refractivity contribution is -0.146. The van der Waals surface area contributed by atoms with Crippen LogP contribution in [0.3, 0.4) is 0 Å². The lowest BCUT2D eigenvalue weighted by Crippen LogP contribution is -2.37. The Kier molecular flexibility index (Phi) is 4.62. The van der Waals surface area contributed by atoms with Crippen LogP contribution in [0.5, 0.6) is 5.75 Å². The van der Waals surface area contributed by atoms with E-state index in [-0.39, 0.29) is 11.9 Å². The maximum atomic E-state index is 11.7. The molecule has 1 aromatic carbocycles. The first-order valence-corrected chi connectivity index (χ1v) is 8.89. The monoisotopic (exact) mass is 367 g/mol. The van der Waals surface area contributed by atoms with E-state index in [2.05, 4.69) is 15.1 Å². The molecule has 0 aliphatic carbocycles. The predicted octanol–water partition coefficient (Wildman–Crippen LogP) is 2.19. The molecule has 0 saturated carbocycles. The standard InChI is InChI=1S/C19H21N5O3/c1-26-15-5-3-13(4-6-15)18-21-20-16-7-8-17(22-24(16)18)23-11-9-14(10-12-23)19(25)27-2/h3-8,14H,9-12H2,1-2H3. The molecule has 0 radical (unpaired) electrons. The maximum absolute atomic E-state index is 11.7. The van der Waals surface area contributed by atoms with Crippen molar-refractivity contribution in [3.05, 3.63) is 36.4 Å². The van der Waals surface area contributed by atoms with Gasteiger partial charge in [-0.1, -0.05) is 0 Å². The fourth-order valence-electron chi connectivity index (χ4n) is 3.38. The van der Waals surface area contributed by atoms with Gasteiger partial charge in [0.2, 0.25) is 0 Å². The minimum atomic E-state index is -0.126. The highest BCUT2D eigenvalue weighted by Crippen LogP contribution is 2.25. The fourth-order valence-corrected chi connectivity index (χ4v) is 3.38. The molecule has 0 amide bonds. The molecule has 3 aromatic rings. The molecule has 4 rings (SSSR count). The van der Waals surface area contributed by atoms with Gasteiger partial charge in [0.25, 0.3) is 0 Å². The average molecular weight is 367 g/mol. The molecule has 8 nitrogen and oxygen atoms in total. The van der Waals surface area contributed by atoms with Crippen LogP contribution in [0.1, 0.15) is 12.8 Å². The van der Waals surface area contributed by atoms with E-state index in [0.29, 0.717) is 11.5 Å². The molecule has 140 valence electrons. The van der Waals surface area contributed by atoms with Gasteiger partial charge in [0.15, 0.2) is 11.5 Å². The quantitative estimate of drug-likeness (QED) is 0.654. The second kappa shape index (κ2) is 7.22. The van der Waals surface area contributed by atoms with Crippen LogP contribution in [0.2, 0.25) is 0 Å². The van der Waals surface area contributed by atoms with E-state index in [1.54, 1.807) is 11.6 Å². The van der Waals surface area contributed by atoms with E-state index in [9.17, 15) is 4.79 Å². The molecule has 0 atom stereocenters. The molecular weight excluding hydrogens is 346 g/mol. The largest absolute Gasteiger partial charge is 0.497 e. The summed E-state index contributed by atoms with van der Waals surface area (Å²) >= 11 is 0. The van der Waals surface area contributed by atoms with Crippen LogP contribution in [-0.4, -0.2) is 53.1 Å². The van der Waals surface area contributed by atoms with Crippen molar-refractivity contribution in [1.82, 2.24) is 19.8 Å². The Balaban J connectivity index is 1.59. The van der Waals surface area contributed by atoms with Gasteiger partial charge in [0.1, 0.15) is 11.6 Å². The molecular formula is C19H21N5O3. The molecule has 0 N–H and O–H groups in total. The van der Waals surface area contributed by atoms with Crippen LogP contribution in [0.15, 0.2) is 36.4 Å². The van der Waals surface area contributed by atoms with E-state index in [0.717, 1.165) is 43.1 Å². The van der Waals surface area contributed by atoms with Crippen molar-refractivity contribution in [2.24, 2.45) is 5.92 Å². The number of carbonyl (C=O) groups is 1. The third-order valence-electron chi connectivity index (χ3n) is 4.95. The second-order valence-corrected chi connectivity index (χ2v) is 6.50. The highest BCUT2D eigenvalue weighted by atomic mass is 16.5. The van der Waals surface area contributed by atoms with Crippen molar-refractivity contribution < 1.29 is 14.3 Å². The number of hydrogen-bond acceptors (Lipinski definition) is 7. The molecule has 27 heavy (non-hydrogen) atoms. The van der Waals surface area contributed by atoms with Gasteiger partial charge in [-0.2, -0.15) is 4.52 Å². The maximum Gasteiger partial charge on any atom is 0.308 e. The van der Waals surface area contributed by atoms with Gasteiger partial charge in [0.05, 0.1) is 20.1 Å². The molecule has 3 heterocycles. The number of rotatable bonds is 4. The van der Waals surface area contributed by atoms with E-state index < -0.39 is 0 Å². The summed E-state index contributed by atoms with van der Waals surface area (Å²) in [7, 11) is 3.08. The zero-order valence-corrected chi connectivity index (χ0v) is 15.3. The van der Waals surface area contributed by atoms with Gasteiger partial charge in [0, 0.05) is 18.7 Å². The molecule has 1 fully saturated rings. The Hall–Kier alpha value is -3.16. The summed E-state index contributed by atoms with van der Waals surface area (Å²) in [6.07, 6.45) is 1.53. The Morgan fingerprint density at radius 3 is 2.44 bits per heavy atom. The van der Waals surface area contributed by atoms with E-state index in [4.69, 9.17) is 14.6 Å². The number of benzene rings is 1. The molecule has 2 aromatic heterocycles.